The molecule has 33 heavy (non-hydrogen) atoms. The lowest BCUT2D eigenvalue weighted by atomic mass is 10.2. The van der Waals surface area contributed by atoms with Gasteiger partial charge in [0.1, 0.15) is 23.7 Å². The quantitative estimate of drug-likeness (QED) is 0.466. The van der Waals surface area contributed by atoms with E-state index in [1.165, 1.54) is 17.5 Å². The van der Waals surface area contributed by atoms with Crippen LogP contribution in [0, 0.1) is 0 Å². The smallest absolute Gasteiger partial charge is 0.342 e. The molecule has 0 bridgehead atoms. The summed E-state index contributed by atoms with van der Waals surface area (Å²) in [4.78, 5) is 17.4. The number of hydrogen-bond donors (Lipinski definition) is 0. The number of imidazole rings is 1. The minimum Gasteiger partial charge on any atom is -0.496 e. The summed E-state index contributed by atoms with van der Waals surface area (Å²) in [6, 6.07) is 9.55. The molecule has 0 N–H and O–H groups in total. The topological polar surface area (TPSA) is 100.0 Å². The van der Waals surface area contributed by atoms with Crippen molar-refractivity contribution in [3.8, 4) is 5.75 Å². The molecule has 176 valence electrons. The average molecular weight is 494 g/mol. The van der Waals surface area contributed by atoms with E-state index in [2.05, 4.69) is 4.98 Å². The van der Waals surface area contributed by atoms with Crippen molar-refractivity contribution in [1.29, 1.82) is 0 Å². The Balaban J connectivity index is 1.60. The van der Waals surface area contributed by atoms with Crippen molar-refractivity contribution in [2.75, 3.05) is 33.4 Å². The van der Waals surface area contributed by atoms with E-state index in [0.717, 1.165) is 5.52 Å². The van der Waals surface area contributed by atoms with Crippen LogP contribution in [0.15, 0.2) is 41.3 Å². The highest BCUT2D eigenvalue weighted by Crippen LogP contribution is 2.26. The van der Waals surface area contributed by atoms with Gasteiger partial charge in [-0.05, 0) is 43.3 Å². The van der Waals surface area contributed by atoms with Gasteiger partial charge < -0.3 is 18.8 Å². The van der Waals surface area contributed by atoms with Gasteiger partial charge >= 0.3 is 5.97 Å². The minimum absolute atomic E-state index is 0.0947. The fraction of sp³-hybridized carbons (Fsp3) is 0.364. The molecule has 4 rings (SSSR count). The number of carbonyl (C=O) groups is 1. The van der Waals surface area contributed by atoms with Gasteiger partial charge in [-0.25, -0.2) is 18.2 Å². The van der Waals surface area contributed by atoms with E-state index < -0.39 is 16.0 Å². The lowest BCUT2D eigenvalue weighted by Gasteiger charge is -2.26. The summed E-state index contributed by atoms with van der Waals surface area (Å²) in [5.74, 6) is 0.258. The van der Waals surface area contributed by atoms with E-state index in [1.807, 2.05) is 11.5 Å². The lowest BCUT2D eigenvalue weighted by molar-refractivity contribution is 0.0455. The molecule has 2 heterocycles. The van der Waals surface area contributed by atoms with Gasteiger partial charge in [-0.2, -0.15) is 4.31 Å². The number of morpholine rings is 1. The number of benzene rings is 2. The van der Waals surface area contributed by atoms with E-state index in [-0.39, 0.29) is 17.1 Å². The van der Waals surface area contributed by atoms with Crippen molar-refractivity contribution in [2.24, 2.45) is 0 Å². The zero-order chi connectivity index (χ0) is 23.6. The molecule has 1 saturated heterocycles. The fourth-order valence-electron chi connectivity index (χ4n) is 3.77. The van der Waals surface area contributed by atoms with Gasteiger partial charge in [0.15, 0.2) is 0 Å². The number of methoxy groups -OCH3 is 1. The summed E-state index contributed by atoms with van der Waals surface area (Å²) >= 11 is 6.00. The first kappa shape index (κ1) is 23.5. The highest BCUT2D eigenvalue weighted by atomic mass is 35.5. The number of nitrogens with zero attached hydrogens (tertiary/aromatic N) is 3. The van der Waals surface area contributed by atoms with Crippen LogP contribution >= 0.6 is 11.6 Å². The Kier molecular flexibility index (Phi) is 6.89. The molecule has 1 aliphatic heterocycles. The van der Waals surface area contributed by atoms with Crippen molar-refractivity contribution in [3.05, 3.63) is 52.8 Å². The Hall–Kier alpha value is -2.66. The van der Waals surface area contributed by atoms with Crippen LogP contribution in [0.3, 0.4) is 0 Å². The summed E-state index contributed by atoms with van der Waals surface area (Å²) in [5.41, 5.74) is 1.48. The molecule has 0 aliphatic carbocycles. The molecule has 9 nitrogen and oxygen atoms in total. The van der Waals surface area contributed by atoms with Crippen LogP contribution in [0.25, 0.3) is 11.0 Å². The number of ether oxygens (including phenoxy) is 3. The van der Waals surface area contributed by atoms with Gasteiger partial charge in [-0.15, -0.1) is 0 Å². The number of halogens is 1. The van der Waals surface area contributed by atoms with Crippen LogP contribution in [0.5, 0.6) is 5.75 Å². The standard InChI is InChI=1S/C22H24ClN3O6S/c1-3-26-19-6-5-16(33(28,29)25-8-10-31-11-9-25)13-18(19)24-21(26)14-32-22(27)17-12-15(23)4-7-20(17)30-2/h4-7,12-13H,3,8-11,14H2,1-2H3. The van der Waals surface area contributed by atoms with Gasteiger partial charge in [0, 0.05) is 24.7 Å². The van der Waals surface area contributed by atoms with E-state index in [0.29, 0.717) is 55.0 Å². The molecule has 0 radical (unpaired) electrons. The number of sulfonamides is 1. The first-order valence-corrected chi connectivity index (χ1v) is 12.2. The number of aromatic nitrogens is 2. The average Bonchev–Trinajstić information content (AvgIpc) is 3.19. The maximum Gasteiger partial charge on any atom is 0.342 e. The zero-order valence-electron chi connectivity index (χ0n) is 18.3. The molecular weight excluding hydrogens is 470 g/mol. The van der Waals surface area contributed by atoms with Gasteiger partial charge in [0.05, 0.1) is 36.3 Å². The highest BCUT2D eigenvalue weighted by molar-refractivity contribution is 7.89. The Morgan fingerprint density at radius 3 is 2.64 bits per heavy atom. The second-order valence-corrected chi connectivity index (χ2v) is 9.73. The highest BCUT2D eigenvalue weighted by Gasteiger charge is 2.27. The minimum atomic E-state index is -3.65. The monoisotopic (exact) mass is 493 g/mol. The number of hydrogen-bond acceptors (Lipinski definition) is 7. The number of aryl methyl sites for hydroxylation is 1. The van der Waals surface area contributed by atoms with Gasteiger partial charge in [0.2, 0.25) is 10.0 Å². The molecule has 0 saturated carbocycles. The molecule has 0 atom stereocenters. The molecular formula is C22H24ClN3O6S. The van der Waals surface area contributed by atoms with E-state index in [4.69, 9.17) is 25.8 Å². The maximum atomic E-state index is 13.0. The van der Waals surface area contributed by atoms with Crippen molar-refractivity contribution < 1.29 is 27.4 Å². The van der Waals surface area contributed by atoms with Crippen LogP contribution in [-0.4, -0.2) is 61.7 Å². The number of carbonyl (C=O) groups excluding carboxylic acids is 1. The summed E-state index contributed by atoms with van der Waals surface area (Å²) in [5, 5.41) is 0.387. The number of fused-ring (bicyclic) bond motifs is 1. The Labute approximate surface area is 196 Å². The Morgan fingerprint density at radius 1 is 1.18 bits per heavy atom. The molecule has 11 heteroatoms. The molecule has 3 aromatic rings. The molecule has 0 amide bonds. The Morgan fingerprint density at radius 2 is 1.94 bits per heavy atom. The predicted octanol–water partition coefficient (Wildman–Crippen LogP) is 3.10. The summed E-state index contributed by atoms with van der Waals surface area (Å²) < 4.78 is 45.2. The zero-order valence-corrected chi connectivity index (χ0v) is 19.9. The maximum absolute atomic E-state index is 13.0. The molecule has 1 fully saturated rings. The summed E-state index contributed by atoms with van der Waals surface area (Å²) in [7, 11) is -2.19. The number of rotatable bonds is 7. The molecule has 1 aromatic heterocycles. The largest absolute Gasteiger partial charge is 0.496 e. The molecule has 2 aromatic carbocycles. The molecule has 0 unspecified atom stereocenters. The molecule has 0 spiro atoms. The first-order chi connectivity index (χ1) is 15.8. The van der Waals surface area contributed by atoms with E-state index in [9.17, 15) is 13.2 Å². The van der Waals surface area contributed by atoms with Crippen molar-refractivity contribution in [2.45, 2.75) is 25.0 Å². The third-order valence-corrected chi connectivity index (χ3v) is 7.57. The van der Waals surface area contributed by atoms with E-state index in [1.54, 1.807) is 30.3 Å². The van der Waals surface area contributed by atoms with Gasteiger partial charge in [0.25, 0.3) is 0 Å². The van der Waals surface area contributed by atoms with Crippen LogP contribution in [0.2, 0.25) is 5.02 Å². The van der Waals surface area contributed by atoms with Crippen LogP contribution in [-0.2, 0) is 32.6 Å². The van der Waals surface area contributed by atoms with Crippen molar-refractivity contribution in [3.63, 3.8) is 0 Å². The first-order valence-electron chi connectivity index (χ1n) is 10.4. The normalized spacial score (nSPS) is 15.0. The van der Waals surface area contributed by atoms with Gasteiger partial charge in [-0.3, -0.25) is 0 Å². The SMILES string of the molecule is CCn1c(COC(=O)c2cc(Cl)ccc2OC)nc2cc(S(=O)(=O)N3CCOCC3)ccc21. The van der Waals surface area contributed by atoms with Gasteiger partial charge in [-0.1, -0.05) is 11.6 Å². The second kappa shape index (κ2) is 9.68. The second-order valence-electron chi connectivity index (χ2n) is 7.36. The molecule has 1 aliphatic rings. The number of esters is 1. The van der Waals surface area contributed by atoms with Crippen molar-refractivity contribution in [1.82, 2.24) is 13.9 Å². The third kappa shape index (κ3) is 4.70. The third-order valence-electron chi connectivity index (χ3n) is 5.44. The van der Waals surface area contributed by atoms with Crippen molar-refractivity contribution >= 4 is 38.6 Å². The fourth-order valence-corrected chi connectivity index (χ4v) is 5.37. The lowest BCUT2D eigenvalue weighted by Crippen LogP contribution is -2.40. The summed E-state index contributed by atoms with van der Waals surface area (Å²) in [6.45, 7) is 3.79. The predicted molar refractivity (Wildman–Crippen MR) is 122 cm³/mol. The summed E-state index contributed by atoms with van der Waals surface area (Å²) in [6.07, 6.45) is 0. The van der Waals surface area contributed by atoms with E-state index >= 15 is 0 Å². The van der Waals surface area contributed by atoms with Crippen LogP contribution in [0.4, 0.5) is 0 Å². The Bertz CT molecular complexity index is 1280. The van der Waals surface area contributed by atoms with Crippen LogP contribution in [0.1, 0.15) is 23.1 Å². The van der Waals surface area contributed by atoms with Crippen LogP contribution < -0.4 is 4.74 Å².